The van der Waals surface area contributed by atoms with Crippen LogP contribution in [-0.4, -0.2) is 31.1 Å². The van der Waals surface area contributed by atoms with Crippen LogP contribution >= 0.6 is 0 Å². The molecule has 1 fully saturated rings. The van der Waals surface area contributed by atoms with Gasteiger partial charge < -0.3 is 15.4 Å². The van der Waals surface area contributed by atoms with E-state index < -0.39 is 23.4 Å². The Bertz CT molecular complexity index is 899. The number of esters is 1. The minimum absolute atomic E-state index is 0.210. The fraction of sp³-hybridized carbons (Fsp3) is 0.381. The minimum Gasteiger partial charge on any atom is -0.466 e. The second kappa shape index (κ2) is 7.26. The molecule has 5 nitrogen and oxygen atoms in total. The quantitative estimate of drug-likeness (QED) is 0.748. The highest BCUT2D eigenvalue weighted by molar-refractivity contribution is 5.95. The summed E-state index contributed by atoms with van der Waals surface area (Å²) in [6.07, 6.45) is -2.51. The molecule has 1 saturated heterocycles. The molecule has 0 saturated carbocycles. The summed E-state index contributed by atoms with van der Waals surface area (Å²) in [6, 6.07) is 11.0. The van der Waals surface area contributed by atoms with Crippen molar-refractivity contribution in [2.45, 2.75) is 31.2 Å². The molecule has 0 aromatic heterocycles. The molecule has 2 aromatic rings. The summed E-state index contributed by atoms with van der Waals surface area (Å²) in [5, 5.41) is 5.85. The zero-order chi connectivity index (χ0) is 20.6. The molecule has 0 unspecified atom stereocenters. The smallest absolute Gasteiger partial charge is 0.416 e. The molecule has 0 amide bonds. The van der Waals surface area contributed by atoms with Gasteiger partial charge in [0.1, 0.15) is 0 Å². The third-order valence-corrected chi connectivity index (χ3v) is 5.46. The first kappa shape index (κ1) is 19.6. The molecule has 0 atom stereocenters. The standard InChI is InChI=1S/C21H22F3N3O2/c1-29-19(28)20(25-17-6-2-3-7-18(17)26-20)15-9-8-14(12-16(15)21(22,23)24)13-27-10-4-5-11-27/h2-3,6-9,12,25-26H,4-5,10-11,13H2,1H3. The van der Waals surface area contributed by atoms with Gasteiger partial charge in [-0.2, -0.15) is 13.2 Å². The number of hydrogen-bond donors (Lipinski definition) is 2. The van der Waals surface area contributed by atoms with Crippen molar-refractivity contribution >= 4 is 17.3 Å². The van der Waals surface area contributed by atoms with Crippen LogP contribution in [0.1, 0.15) is 29.5 Å². The number of alkyl halides is 3. The number of rotatable bonds is 4. The number of anilines is 2. The highest BCUT2D eigenvalue weighted by atomic mass is 19.4. The Morgan fingerprint density at radius 1 is 1.10 bits per heavy atom. The number of carbonyl (C=O) groups excluding carboxylic acids is 1. The van der Waals surface area contributed by atoms with Gasteiger partial charge in [-0.15, -0.1) is 0 Å². The molecule has 29 heavy (non-hydrogen) atoms. The molecule has 0 spiro atoms. The second-order valence-corrected chi connectivity index (χ2v) is 7.40. The molecule has 154 valence electrons. The molecule has 8 heteroatoms. The number of hydrogen-bond acceptors (Lipinski definition) is 5. The van der Waals surface area contributed by atoms with Gasteiger partial charge in [-0.3, -0.25) is 4.90 Å². The molecular formula is C21H22F3N3O2. The van der Waals surface area contributed by atoms with Gasteiger partial charge in [-0.05, 0) is 49.7 Å². The van der Waals surface area contributed by atoms with Crippen LogP contribution in [0.3, 0.4) is 0 Å². The molecule has 0 bridgehead atoms. The van der Waals surface area contributed by atoms with Gasteiger partial charge in [0.2, 0.25) is 5.66 Å². The molecule has 2 aliphatic rings. The number of carbonyl (C=O) groups is 1. The lowest BCUT2D eigenvalue weighted by atomic mass is 9.92. The van der Waals surface area contributed by atoms with Crippen molar-refractivity contribution in [3.63, 3.8) is 0 Å². The summed E-state index contributed by atoms with van der Waals surface area (Å²) in [5.74, 6) is -0.841. The Kier molecular flexibility index (Phi) is 4.90. The van der Waals surface area contributed by atoms with Gasteiger partial charge in [0, 0.05) is 12.1 Å². The summed E-state index contributed by atoms with van der Waals surface area (Å²) in [5.41, 5.74) is -1.28. The predicted octanol–water partition coefficient (Wildman–Crippen LogP) is 4.16. The van der Waals surface area contributed by atoms with E-state index in [1.165, 1.54) is 6.07 Å². The van der Waals surface area contributed by atoms with Gasteiger partial charge in [-0.1, -0.05) is 24.3 Å². The molecule has 0 radical (unpaired) electrons. The van der Waals surface area contributed by atoms with Crippen LogP contribution < -0.4 is 10.6 Å². The lowest BCUT2D eigenvalue weighted by Gasteiger charge is -2.31. The number of nitrogens with one attached hydrogen (secondary N) is 2. The number of para-hydroxylation sites is 2. The highest BCUT2D eigenvalue weighted by Gasteiger charge is 2.51. The average Bonchev–Trinajstić information content (AvgIpc) is 3.34. The molecular weight excluding hydrogens is 383 g/mol. The van der Waals surface area contributed by atoms with Crippen molar-refractivity contribution in [3.8, 4) is 0 Å². The topological polar surface area (TPSA) is 53.6 Å². The van der Waals surface area contributed by atoms with Crippen molar-refractivity contribution in [1.82, 2.24) is 4.90 Å². The van der Waals surface area contributed by atoms with Crippen molar-refractivity contribution in [1.29, 1.82) is 0 Å². The molecule has 2 heterocycles. The molecule has 4 rings (SSSR count). The largest absolute Gasteiger partial charge is 0.466 e. The molecule has 0 aliphatic carbocycles. The van der Waals surface area contributed by atoms with Crippen LogP contribution in [0.2, 0.25) is 0 Å². The van der Waals surface area contributed by atoms with Gasteiger partial charge in [0.25, 0.3) is 0 Å². The average molecular weight is 405 g/mol. The van der Waals surface area contributed by atoms with E-state index in [9.17, 15) is 18.0 Å². The third-order valence-electron chi connectivity index (χ3n) is 5.46. The Hall–Kier alpha value is -2.74. The fourth-order valence-corrected chi connectivity index (χ4v) is 4.09. The van der Waals surface area contributed by atoms with Crippen molar-refractivity contribution in [2.24, 2.45) is 0 Å². The SMILES string of the molecule is COC(=O)C1(c2ccc(CN3CCCC3)cc2C(F)(F)F)Nc2ccccc2N1. The number of fused-ring (bicyclic) bond motifs is 1. The minimum atomic E-state index is -4.63. The summed E-state index contributed by atoms with van der Waals surface area (Å²) in [7, 11) is 1.16. The maximum absolute atomic E-state index is 14.0. The Labute approximate surface area is 166 Å². The third kappa shape index (κ3) is 3.53. The van der Waals surface area contributed by atoms with E-state index in [4.69, 9.17) is 4.74 Å². The Morgan fingerprint density at radius 2 is 1.72 bits per heavy atom. The van der Waals surface area contributed by atoms with Crippen molar-refractivity contribution in [3.05, 3.63) is 59.2 Å². The van der Waals surface area contributed by atoms with Crippen LogP contribution in [0.15, 0.2) is 42.5 Å². The normalized spacial score (nSPS) is 18.1. The second-order valence-electron chi connectivity index (χ2n) is 7.40. The van der Waals surface area contributed by atoms with E-state index in [0.717, 1.165) is 39.1 Å². The lowest BCUT2D eigenvalue weighted by Crippen LogP contribution is -2.48. The highest BCUT2D eigenvalue weighted by Crippen LogP contribution is 2.45. The summed E-state index contributed by atoms with van der Waals surface area (Å²) in [6.45, 7) is 2.22. The zero-order valence-electron chi connectivity index (χ0n) is 16.0. The summed E-state index contributed by atoms with van der Waals surface area (Å²) in [4.78, 5) is 14.9. The van der Waals surface area contributed by atoms with Crippen LogP contribution in [0, 0.1) is 0 Å². The number of benzene rings is 2. The number of nitrogens with zero attached hydrogens (tertiary/aromatic N) is 1. The van der Waals surface area contributed by atoms with Gasteiger partial charge in [0.05, 0.1) is 24.0 Å². The monoisotopic (exact) mass is 405 g/mol. The first-order chi connectivity index (χ1) is 13.8. The van der Waals surface area contributed by atoms with E-state index in [1.54, 1.807) is 30.3 Å². The maximum Gasteiger partial charge on any atom is 0.416 e. The van der Waals surface area contributed by atoms with E-state index >= 15 is 0 Å². The molecule has 2 aromatic carbocycles. The first-order valence-corrected chi connectivity index (χ1v) is 9.50. The van der Waals surface area contributed by atoms with E-state index in [0.29, 0.717) is 23.5 Å². The van der Waals surface area contributed by atoms with E-state index in [-0.39, 0.29) is 5.56 Å². The van der Waals surface area contributed by atoms with Crippen LogP contribution in [0.5, 0.6) is 0 Å². The molecule has 2 aliphatic heterocycles. The zero-order valence-corrected chi connectivity index (χ0v) is 16.0. The summed E-state index contributed by atoms with van der Waals surface area (Å²) >= 11 is 0. The summed E-state index contributed by atoms with van der Waals surface area (Å²) < 4.78 is 47.0. The van der Waals surface area contributed by atoms with Gasteiger partial charge in [-0.25, -0.2) is 4.79 Å². The molecule has 2 N–H and O–H groups in total. The lowest BCUT2D eigenvalue weighted by molar-refractivity contribution is -0.146. The van der Waals surface area contributed by atoms with Crippen LogP contribution in [-0.2, 0) is 27.9 Å². The number of ether oxygens (including phenoxy) is 1. The van der Waals surface area contributed by atoms with Gasteiger partial charge >= 0.3 is 12.1 Å². The van der Waals surface area contributed by atoms with Crippen molar-refractivity contribution < 1.29 is 22.7 Å². The van der Waals surface area contributed by atoms with E-state index in [2.05, 4.69) is 15.5 Å². The van der Waals surface area contributed by atoms with Crippen LogP contribution in [0.25, 0.3) is 0 Å². The van der Waals surface area contributed by atoms with Gasteiger partial charge in [0.15, 0.2) is 0 Å². The first-order valence-electron chi connectivity index (χ1n) is 9.50. The fourth-order valence-electron chi connectivity index (χ4n) is 4.09. The van der Waals surface area contributed by atoms with Crippen molar-refractivity contribution in [2.75, 3.05) is 30.8 Å². The predicted molar refractivity (Wildman–Crippen MR) is 103 cm³/mol. The maximum atomic E-state index is 14.0. The Morgan fingerprint density at radius 3 is 2.28 bits per heavy atom. The van der Waals surface area contributed by atoms with Crippen LogP contribution in [0.4, 0.5) is 24.5 Å². The van der Waals surface area contributed by atoms with E-state index in [1.807, 2.05) is 0 Å². The number of likely N-dealkylation sites (tertiary alicyclic amines) is 1. The Balaban J connectivity index is 1.79. The number of halogens is 3. The number of methoxy groups -OCH3 is 1.